The molecule has 9 heavy (non-hydrogen) atoms. The molecule has 1 unspecified atom stereocenters. The Labute approximate surface area is 61.2 Å². The van der Waals surface area contributed by atoms with Crippen LogP contribution in [0.4, 0.5) is 0 Å². The summed E-state index contributed by atoms with van der Waals surface area (Å²) >= 11 is 3.62. The van der Waals surface area contributed by atoms with E-state index in [1.54, 1.807) is 0 Å². The smallest absolute Gasteiger partial charge is 0.203 e. The molecule has 54 valence electrons. The lowest BCUT2D eigenvalue weighted by molar-refractivity contribution is -0.113. The lowest BCUT2D eigenvalue weighted by atomic mass is 9.88. The number of nitrogens with two attached hydrogens (primary N) is 1. The molecule has 0 spiro atoms. The maximum atomic E-state index is 10.5. The van der Waals surface area contributed by atoms with Crippen molar-refractivity contribution in [2.75, 3.05) is 0 Å². The molecule has 0 radical (unpaired) electrons. The van der Waals surface area contributed by atoms with Crippen LogP contribution >= 0.6 is 12.6 Å². The molecule has 0 bridgehead atoms. The van der Waals surface area contributed by atoms with Crippen molar-refractivity contribution in [2.45, 2.75) is 26.8 Å². The zero-order valence-corrected chi connectivity index (χ0v) is 6.90. The van der Waals surface area contributed by atoms with Gasteiger partial charge in [-0.15, -0.1) is 12.6 Å². The van der Waals surface area contributed by atoms with Crippen molar-refractivity contribution < 1.29 is 4.79 Å². The largest absolute Gasteiger partial charge is 0.320 e. The Bertz CT molecular complexity index is 117. The average Bonchev–Trinajstić information content (AvgIpc) is 1.62. The third-order valence-electron chi connectivity index (χ3n) is 1.20. The lowest BCUT2D eigenvalue weighted by Gasteiger charge is -2.23. The average molecular weight is 147 g/mol. The zero-order chi connectivity index (χ0) is 7.65. The SMILES string of the molecule is CC(C)(C)C(N)C(=O)S. The molecule has 0 saturated carbocycles. The van der Waals surface area contributed by atoms with Crippen LogP contribution in [0.1, 0.15) is 20.8 Å². The number of hydrogen-bond donors (Lipinski definition) is 2. The topological polar surface area (TPSA) is 43.1 Å². The predicted octanol–water partition coefficient (Wildman–Crippen LogP) is 0.816. The number of rotatable bonds is 1. The van der Waals surface area contributed by atoms with Crippen LogP contribution in [0.15, 0.2) is 0 Å². The molecular weight excluding hydrogens is 134 g/mol. The van der Waals surface area contributed by atoms with Crippen molar-refractivity contribution in [3.63, 3.8) is 0 Å². The summed E-state index contributed by atoms with van der Waals surface area (Å²) in [7, 11) is 0. The van der Waals surface area contributed by atoms with E-state index in [0.29, 0.717) is 0 Å². The van der Waals surface area contributed by atoms with Gasteiger partial charge in [-0.2, -0.15) is 0 Å². The van der Waals surface area contributed by atoms with E-state index >= 15 is 0 Å². The fraction of sp³-hybridized carbons (Fsp3) is 0.833. The van der Waals surface area contributed by atoms with Crippen LogP contribution in [-0.2, 0) is 4.79 Å². The van der Waals surface area contributed by atoms with Gasteiger partial charge < -0.3 is 5.73 Å². The Kier molecular flexibility index (Phi) is 2.70. The fourth-order valence-corrected chi connectivity index (χ4v) is 0.758. The van der Waals surface area contributed by atoms with E-state index in [1.807, 2.05) is 20.8 Å². The number of hydrogen-bond acceptors (Lipinski definition) is 2. The van der Waals surface area contributed by atoms with Gasteiger partial charge in [0, 0.05) is 0 Å². The van der Waals surface area contributed by atoms with Gasteiger partial charge in [0.25, 0.3) is 0 Å². The van der Waals surface area contributed by atoms with Gasteiger partial charge in [-0.1, -0.05) is 20.8 Å². The highest BCUT2D eigenvalue weighted by molar-refractivity contribution is 7.96. The van der Waals surface area contributed by atoms with Gasteiger partial charge in [-0.25, -0.2) is 0 Å². The summed E-state index contributed by atoms with van der Waals surface area (Å²) in [6.45, 7) is 5.73. The third kappa shape index (κ3) is 2.87. The number of carbonyl (C=O) groups excluding carboxylic acids is 1. The van der Waals surface area contributed by atoms with Crippen molar-refractivity contribution >= 4 is 17.7 Å². The van der Waals surface area contributed by atoms with Gasteiger partial charge >= 0.3 is 0 Å². The predicted molar refractivity (Wildman–Crippen MR) is 41.4 cm³/mol. The van der Waals surface area contributed by atoms with Gasteiger partial charge in [-0.05, 0) is 5.41 Å². The maximum absolute atomic E-state index is 10.5. The minimum atomic E-state index is -0.458. The number of thiol groups is 1. The van der Waals surface area contributed by atoms with Crippen LogP contribution in [0.5, 0.6) is 0 Å². The molecule has 0 aromatic heterocycles. The van der Waals surface area contributed by atoms with Crippen molar-refractivity contribution in [3.05, 3.63) is 0 Å². The van der Waals surface area contributed by atoms with E-state index in [4.69, 9.17) is 5.73 Å². The van der Waals surface area contributed by atoms with Crippen LogP contribution in [-0.4, -0.2) is 11.2 Å². The van der Waals surface area contributed by atoms with Gasteiger partial charge in [0.2, 0.25) is 5.12 Å². The number of carbonyl (C=O) groups is 1. The van der Waals surface area contributed by atoms with Crippen molar-refractivity contribution in [1.82, 2.24) is 0 Å². The van der Waals surface area contributed by atoms with Crippen LogP contribution in [0.2, 0.25) is 0 Å². The van der Waals surface area contributed by atoms with E-state index in [9.17, 15) is 4.79 Å². The first kappa shape index (κ1) is 8.98. The first-order valence-corrected chi connectivity index (χ1v) is 3.29. The summed E-state index contributed by atoms with van der Waals surface area (Å²) in [5.41, 5.74) is 5.30. The quantitative estimate of drug-likeness (QED) is 0.539. The molecule has 2 N–H and O–H groups in total. The van der Waals surface area contributed by atoms with Crippen LogP contribution in [0.25, 0.3) is 0 Å². The molecule has 0 aromatic rings. The highest BCUT2D eigenvalue weighted by atomic mass is 32.1. The summed E-state index contributed by atoms with van der Waals surface area (Å²) in [5, 5.41) is -0.248. The second-order valence-corrected chi connectivity index (χ2v) is 3.62. The highest BCUT2D eigenvalue weighted by Gasteiger charge is 2.24. The summed E-state index contributed by atoms with van der Waals surface area (Å²) in [6, 6.07) is -0.458. The van der Waals surface area contributed by atoms with Crippen molar-refractivity contribution in [1.29, 1.82) is 0 Å². The molecule has 0 rings (SSSR count). The molecule has 0 saturated heterocycles. The standard InChI is InChI=1S/C6H13NOS/c1-6(2,3)4(7)5(8)9/h4H,7H2,1-3H3,(H,8,9). The Morgan fingerprint density at radius 1 is 1.56 bits per heavy atom. The fourth-order valence-electron chi connectivity index (χ4n) is 0.370. The van der Waals surface area contributed by atoms with E-state index in [-0.39, 0.29) is 10.5 Å². The Morgan fingerprint density at radius 3 is 1.89 bits per heavy atom. The van der Waals surface area contributed by atoms with Gasteiger partial charge in [0.05, 0.1) is 6.04 Å². The molecule has 0 heterocycles. The summed E-state index contributed by atoms with van der Waals surface area (Å²) in [6.07, 6.45) is 0. The van der Waals surface area contributed by atoms with Crippen LogP contribution < -0.4 is 5.73 Å². The molecule has 2 nitrogen and oxygen atoms in total. The Balaban J connectivity index is 4.04. The van der Waals surface area contributed by atoms with E-state index in [1.165, 1.54) is 0 Å². The second-order valence-electron chi connectivity index (χ2n) is 3.18. The Hall–Kier alpha value is -0.0200. The van der Waals surface area contributed by atoms with Crippen LogP contribution in [0, 0.1) is 5.41 Å². The van der Waals surface area contributed by atoms with E-state index in [0.717, 1.165) is 0 Å². The summed E-state index contributed by atoms with van der Waals surface area (Å²) in [4.78, 5) is 10.5. The Morgan fingerprint density at radius 2 is 1.89 bits per heavy atom. The summed E-state index contributed by atoms with van der Waals surface area (Å²) in [5.74, 6) is 0. The highest BCUT2D eigenvalue weighted by Crippen LogP contribution is 2.18. The molecular formula is C6H13NOS. The minimum Gasteiger partial charge on any atom is -0.320 e. The monoisotopic (exact) mass is 147 g/mol. The second kappa shape index (κ2) is 2.71. The third-order valence-corrected chi connectivity index (χ3v) is 1.48. The van der Waals surface area contributed by atoms with E-state index in [2.05, 4.69) is 12.6 Å². The first-order chi connectivity index (χ1) is 3.85. The molecule has 0 fully saturated rings. The molecule has 1 atom stereocenters. The lowest BCUT2D eigenvalue weighted by Crippen LogP contribution is -2.39. The molecule has 3 heteroatoms. The first-order valence-electron chi connectivity index (χ1n) is 2.84. The van der Waals surface area contributed by atoms with E-state index < -0.39 is 6.04 Å². The van der Waals surface area contributed by atoms with Gasteiger partial charge in [-0.3, -0.25) is 4.79 Å². The normalized spacial score (nSPS) is 15.2. The molecule has 0 amide bonds. The van der Waals surface area contributed by atoms with Gasteiger partial charge in [0.15, 0.2) is 0 Å². The molecule has 0 aliphatic carbocycles. The minimum absolute atomic E-state index is 0.168. The van der Waals surface area contributed by atoms with Crippen LogP contribution in [0.3, 0.4) is 0 Å². The van der Waals surface area contributed by atoms with Gasteiger partial charge in [0.1, 0.15) is 0 Å². The molecule has 0 aliphatic rings. The maximum Gasteiger partial charge on any atom is 0.203 e. The molecule has 0 aliphatic heterocycles. The summed E-state index contributed by atoms with van der Waals surface area (Å²) < 4.78 is 0. The van der Waals surface area contributed by atoms with Crippen molar-refractivity contribution in [3.8, 4) is 0 Å². The van der Waals surface area contributed by atoms with Crippen molar-refractivity contribution in [2.24, 2.45) is 11.1 Å². The molecule has 0 aromatic carbocycles. The zero-order valence-electron chi connectivity index (χ0n) is 6.01.